The molecule has 0 fully saturated rings. The highest BCUT2D eigenvalue weighted by Crippen LogP contribution is 1.69. The lowest BCUT2D eigenvalue weighted by Crippen LogP contribution is -1.48. The highest BCUT2D eigenvalue weighted by molar-refractivity contribution is 5.36. The van der Waals surface area contributed by atoms with Crippen molar-refractivity contribution in [1.82, 2.24) is 0 Å². The largest absolute Gasteiger partial charge is 0.239 e. The molecule has 0 N–H and O–H groups in total. The average molecular weight is 110 g/mol. The van der Waals surface area contributed by atoms with Crippen LogP contribution in [0, 0.1) is 0 Å². The predicted octanol–water partition coefficient (Wildman–Crippen LogP) is 0.129. The van der Waals surface area contributed by atoms with Crippen molar-refractivity contribution in [3.05, 3.63) is 12.4 Å². The molecule has 0 radical (unpaired) electrons. The van der Waals surface area contributed by atoms with Crippen LogP contribution in [0.2, 0.25) is 0 Å². The fraction of sp³-hybridized carbons (Fsp3) is 0. The minimum atomic E-state index is 1.04. The van der Waals surface area contributed by atoms with E-state index in [1.165, 1.54) is 12.2 Å². The normalized spacial score (nSPS) is 7.50. The topological polar surface area (TPSA) is 58.9 Å². The zero-order valence-corrected chi connectivity index (χ0v) is 3.87. The fourth-order valence-corrected chi connectivity index (χ4v) is 0.128. The monoisotopic (exact) mass is 110 g/mol. The fourth-order valence-electron chi connectivity index (χ4n) is 0.128. The van der Waals surface area contributed by atoms with Gasteiger partial charge in [0, 0.05) is 0 Å². The summed E-state index contributed by atoms with van der Waals surface area (Å²) in [4.78, 5) is 24.5. The number of rotatable bonds is 2. The van der Waals surface area contributed by atoms with Gasteiger partial charge in [0.2, 0.25) is 12.2 Å². The lowest BCUT2D eigenvalue weighted by atomic mass is 10.9. The van der Waals surface area contributed by atoms with Crippen molar-refractivity contribution in [1.29, 1.82) is 0 Å². The third kappa shape index (κ3) is 4.50. The number of isocyanates is 2. The first-order valence-corrected chi connectivity index (χ1v) is 1.71. The number of hydrogen-bond acceptors (Lipinski definition) is 4. The van der Waals surface area contributed by atoms with Gasteiger partial charge in [0.05, 0.1) is 12.4 Å². The van der Waals surface area contributed by atoms with Crippen LogP contribution in [0.1, 0.15) is 0 Å². The second kappa shape index (κ2) is 5.50. The number of hydrogen-bond donors (Lipinski definition) is 0. The molecule has 0 amide bonds. The molecule has 0 bridgehead atoms. The Balaban J connectivity index is 3.66. The summed E-state index contributed by atoms with van der Waals surface area (Å²) in [6.07, 6.45) is 4.53. The van der Waals surface area contributed by atoms with E-state index < -0.39 is 0 Å². The van der Waals surface area contributed by atoms with E-state index in [2.05, 4.69) is 9.98 Å². The first-order valence-electron chi connectivity index (χ1n) is 1.71. The van der Waals surface area contributed by atoms with Gasteiger partial charge < -0.3 is 0 Å². The summed E-state index contributed by atoms with van der Waals surface area (Å²) in [6.45, 7) is 0. The van der Waals surface area contributed by atoms with Crippen LogP contribution in [0.15, 0.2) is 22.4 Å². The van der Waals surface area contributed by atoms with Gasteiger partial charge in [-0.25, -0.2) is 9.59 Å². The second-order valence-electron chi connectivity index (χ2n) is 0.739. The van der Waals surface area contributed by atoms with Gasteiger partial charge in [-0.3, -0.25) is 0 Å². The minimum absolute atomic E-state index is 1.04. The molecule has 0 saturated heterocycles. The quantitative estimate of drug-likeness (QED) is 0.374. The summed E-state index contributed by atoms with van der Waals surface area (Å²) < 4.78 is 0. The van der Waals surface area contributed by atoms with Crippen molar-refractivity contribution in [2.75, 3.05) is 0 Å². The Labute approximate surface area is 45.3 Å². The van der Waals surface area contributed by atoms with E-state index in [1.54, 1.807) is 0 Å². The Morgan fingerprint density at radius 3 is 1.62 bits per heavy atom. The van der Waals surface area contributed by atoms with Crippen LogP contribution < -0.4 is 0 Å². The molecule has 8 heavy (non-hydrogen) atoms. The van der Waals surface area contributed by atoms with Gasteiger partial charge in [-0.15, -0.1) is 0 Å². The van der Waals surface area contributed by atoms with Crippen molar-refractivity contribution in [3.8, 4) is 0 Å². The smallest absolute Gasteiger partial charge is 0.211 e. The molecule has 0 atom stereocenters. The molecule has 0 aromatic carbocycles. The lowest BCUT2D eigenvalue weighted by molar-refractivity contribution is 0.564. The van der Waals surface area contributed by atoms with Crippen LogP contribution in [0.25, 0.3) is 0 Å². The first-order chi connectivity index (χ1) is 3.91. The van der Waals surface area contributed by atoms with Gasteiger partial charge in [0.1, 0.15) is 0 Å². The molecular formula is C4H2N2O2. The van der Waals surface area contributed by atoms with Crippen LogP contribution in [0.3, 0.4) is 0 Å². The number of carbonyl (C=O) groups excluding carboxylic acids is 2. The van der Waals surface area contributed by atoms with Gasteiger partial charge in [-0.1, -0.05) is 0 Å². The SMILES string of the molecule is O=C=NC=CN=C=O. The lowest BCUT2D eigenvalue weighted by Gasteiger charge is -1.58. The van der Waals surface area contributed by atoms with E-state index in [0.29, 0.717) is 0 Å². The molecule has 0 spiro atoms. The number of aliphatic imine (C=N–C) groups is 2. The van der Waals surface area contributed by atoms with Crippen molar-refractivity contribution in [3.63, 3.8) is 0 Å². The molecule has 0 aromatic heterocycles. The third-order valence-electron chi connectivity index (χ3n) is 0.321. The maximum Gasteiger partial charge on any atom is 0.239 e. The maximum atomic E-state index is 9.28. The Bertz CT molecular complexity index is 152. The van der Waals surface area contributed by atoms with Crippen LogP contribution in [-0.4, -0.2) is 12.2 Å². The van der Waals surface area contributed by atoms with E-state index >= 15 is 0 Å². The highest BCUT2D eigenvalue weighted by Gasteiger charge is 1.57. The van der Waals surface area contributed by atoms with Crippen molar-refractivity contribution in [2.24, 2.45) is 9.98 Å². The van der Waals surface area contributed by atoms with Crippen molar-refractivity contribution in [2.45, 2.75) is 0 Å². The van der Waals surface area contributed by atoms with Gasteiger partial charge in [-0.05, 0) is 0 Å². The molecule has 4 heteroatoms. The summed E-state index contributed by atoms with van der Waals surface area (Å²) in [7, 11) is 0. The minimum Gasteiger partial charge on any atom is -0.211 e. The Kier molecular flexibility index (Phi) is 4.47. The molecule has 0 unspecified atom stereocenters. The van der Waals surface area contributed by atoms with Gasteiger partial charge in [-0.2, -0.15) is 9.98 Å². The molecule has 0 heterocycles. The third-order valence-corrected chi connectivity index (χ3v) is 0.321. The molecular weight excluding hydrogens is 108 g/mol. The molecule has 40 valence electrons. The molecule has 0 rings (SSSR count). The van der Waals surface area contributed by atoms with Crippen molar-refractivity contribution < 1.29 is 9.59 Å². The summed E-state index contributed by atoms with van der Waals surface area (Å²) in [6, 6.07) is 0. The zero-order valence-electron chi connectivity index (χ0n) is 3.87. The highest BCUT2D eigenvalue weighted by atomic mass is 16.1. The first kappa shape index (κ1) is 6.50. The standard InChI is InChI=1S/C4H2N2O2/c7-3-5-1-2-6-4-8/h1-2H. The predicted molar refractivity (Wildman–Crippen MR) is 25.4 cm³/mol. The van der Waals surface area contributed by atoms with Crippen LogP contribution in [0.5, 0.6) is 0 Å². The van der Waals surface area contributed by atoms with E-state index in [-0.39, 0.29) is 0 Å². The van der Waals surface area contributed by atoms with Crippen LogP contribution >= 0.6 is 0 Å². The summed E-state index contributed by atoms with van der Waals surface area (Å²) in [5.41, 5.74) is 0. The summed E-state index contributed by atoms with van der Waals surface area (Å²) >= 11 is 0. The molecule has 0 saturated carbocycles. The van der Waals surface area contributed by atoms with Gasteiger partial charge in [0.15, 0.2) is 0 Å². The second-order valence-corrected chi connectivity index (χ2v) is 0.739. The number of nitrogens with zero attached hydrogens (tertiary/aromatic N) is 2. The van der Waals surface area contributed by atoms with E-state index in [9.17, 15) is 9.59 Å². The van der Waals surface area contributed by atoms with Crippen LogP contribution in [-0.2, 0) is 9.59 Å². The van der Waals surface area contributed by atoms with E-state index in [1.807, 2.05) is 0 Å². The molecule has 0 aliphatic carbocycles. The summed E-state index contributed by atoms with van der Waals surface area (Å²) in [5.74, 6) is 0. The van der Waals surface area contributed by atoms with E-state index in [4.69, 9.17) is 0 Å². The average Bonchev–Trinajstić information content (AvgIpc) is 1.81. The summed E-state index contributed by atoms with van der Waals surface area (Å²) in [5, 5.41) is 0. The Morgan fingerprint density at radius 2 is 1.38 bits per heavy atom. The Hall–Kier alpha value is -1.50. The molecule has 4 nitrogen and oxygen atoms in total. The molecule has 0 aliphatic rings. The maximum absolute atomic E-state index is 9.28. The van der Waals surface area contributed by atoms with Gasteiger partial charge in [0.25, 0.3) is 0 Å². The van der Waals surface area contributed by atoms with E-state index in [0.717, 1.165) is 12.4 Å². The van der Waals surface area contributed by atoms with Crippen LogP contribution in [0.4, 0.5) is 0 Å². The Morgan fingerprint density at radius 1 is 1.00 bits per heavy atom. The van der Waals surface area contributed by atoms with Gasteiger partial charge >= 0.3 is 0 Å². The molecule has 0 aliphatic heterocycles. The van der Waals surface area contributed by atoms with Crippen molar-refractivity contribution >= 4 is 12.2 Å². The molecule has 0 aromatic rings. The zero-order chi connectivity index (χ0) is 6.24.